The number of nitrogens with zero attached hydrogens (tertiary/aromatic N) is 1. The lowest BCUT2D eigenvalue weighted by Gasteiger charge is -2.09. The van der Waals surface area contributed by atoms with E-state index in [9.17, 15) is 9.59 Å². The van der Waals surface area contributed by atoms with Crippen molar-refractivity contribution in [3.05, 3.63) is 75.7 Å². The molecule has 0 bridgehead atoms. The first kappa shape index (κ1) is 14.7. The number of nitrogens with one attached hydrogen (secondary N) is 1. The molecule has 108 valence electrons. The molecule has 0 unspecified atom stereocenters. The number of rotatable bonds is 4. The predicted molar refractivity (Wildman–Crippen MR) is 79.9 cm³/mol. The fourth-order valence-corrected chi connectivity index (χ4v) is 1.98. The summed E-state index contributed by atoms with van der Waals surface area (Å²) in [7, 11) is 0. The first-order chi connectivity index (χ1) is 10.1. The molecule has 1 amide bonds. The zero-order valence-corrected chi connectivity index (χ0v) is 11.6. The third kappa shape index (κ3) is 3.67. The molecule has 2 aromatic rings. The summed E-state index contributed by atoms with van der Waals surface area (Å²) in [6, 6.07) is 11.2. The van der Waals surface area contributed by atoms with Crippen LogP contribution in [0.1, 0.15) is 16.7 Å². The maximum Gasteiger partial charge on any atom is 0.267 e. The Balaban J connectivity index is 2.30. The number of hydrogen-bond acceptors (Lipinski definition) is 3. The van der Waals surface area contributed by atoms with Gasteiger partial charge in [0.1, 0.15) is 0 Å². The van der Waals surface area contributed by atoms with E-state index in [4.69, 9.17) is 5.21 Å². The second-order valence-electron chi connectivity index (χ2n) is 4.63. The molecule has 0 saturated carbocycles. The zero-order chi connectivity index (χ0) is 15.2. The SMILES string of the molecule is Cc1ccccc1Cn1cccc(/C=C/C(=O)NO)c1=O. The molecule has 0 radical (unpaired) electrons. The topological polar surface area (TPSA) is 71.3 Å². The molecule has 0 atom stereocenters. The van der Waals surface area contributed by atoms with Crippen molar-refractivity contribution in [2.75, 3.05) is 0 Å². The van der Waals surface area contributed by atoms with Gasteiger partial charge in [0.15, 0.2) is 0 Å². The Kier molecular flexibility index (Phi) is 4.68. The number of hydroxylamine groups is 1. The summed E-state index contributed by atoms with van der Waals surface area (Å²) in [5.74, 6) is -0.677. The van der Waals surface area contributed by atoms with Crippen LogP contribution in [0.2, 0.25) is 0 Å². The summed E-state index contributed by atoms with van der Waals surface area (Å²) in [6.07, 6.45) is 4.19. The number of amides is 1. The zero-order valence-electron chi connectivity index (χ0n) is 11.6. The Morgan fingerprint density at radius 2 is 2.05 bits per heavy atom. The van der Waals surface area contributed by atoms with Gasteiger partial charge in [-0.15, -0.1) is 0 Å². The third-order valence-corrected chi connectivity index (χ3v) is 3.18. The second kappa shape index (κ2) is 6.67. The fraction of sp³-hybridized carbons (Fsp3) is 0.125. The maximum absolute atomic E-state index is 12.3. The van der Waals surface area contributed by atoms with Gasteiger partial charge in [-0.1, -0.05) is 24.3 Å². The van der Waals surface area contributed by atoms with Gasteiger partial charge in [-0.3, -0.25) is 14.8 Å². The van der Waals surface area contributed by atoms with Gasteiger partial charge in [-0.05, 0) is 36.3 Å². The number of carbonyl (C=O) groups is 1. The highest BCUT2D eigenvalue weighted by Gasteiger charge is 2.03. The summed E-state index contributed by atoms with van der Waals surface area (Å²) >= 11 is 0. The van der Waals surface area contributed by atoms with Crippen LogP contribution in [-0.4, -0.2) is 15.7 Å². The minimum atomic E-state index is -0.677. The summed E-state index contributed by atoms with van der Waals surface area (Å²) in [4.78, 5) is 23.3. The maximum atomic E-state index is 12.3. The molecule has 1 heterocycles. The Morgan fingerprint density at radius 1 is 1.29 bits per heavy atom. The molecule has 5 nitrogen and oxygen atoms in total. The number of benzene rings is 1. The van der Waals surface area contributed by atoms with E-state index in [2.05, 4.69) is 0 Å². The Hall–Kier alpha value is -2.66. The summed E-state index contributed by atoms with van der Waals surface area (Å²) < 4.78 is 1.58. The largest absolute Gasteiger partial charge is 0.311 e. The van der Waals surface area contributed by atoms with E-state index in [-0.39, 0.29) is 5.56 Å². The highest BCUT2D eigenvalue weighted by Crippen LogP contribution is 2.08. The van der Waals surface area contributed by atoms with Crippen molar-refractivity contribution in [1.82, 2.24) is 10.0 Å². The third-order valence-electron chi connectivity index (χ3n) is 3.18. The molecular formula is C16H16N2O3. The fourth-order valence-electron chi connectivity index (χ4n) is 1.98. The Labute approximate surface area is 122 Å². The molecule has 0 saturated heterocycles. The lowest BCUT2D eigenvalue weighted by Crippen LogP contribution is -2.22. The van der Waals surface area contributed by atoms with Gasteiger partial charge in [0.05, 0.1) is 6.54 Å². The van der Waals surface area contributed by atoms with E-state index >= 15 is 0 Å². The van der Waals surface area contributed by atoms with E-state index in [0.717, 1.165) is 17.2 Å². The number of aromatic nitrogens is 1. The van der Waals surface area contributed by atoms with Gasteiger partial charge in [0, 0.05) is 17.8 Å². The first-order valence-corrected chi connectivity index (χ1v) is 6.48. The molecular weight excluding hydrogens is 268 g/mol. The highest BCUT2D eigenvalue weighted by molar-refractivity contribution is 5.90. The standard InChI is InChI=1S/C16H16N2O3/c1-12-5-2-3-6-14(12)11-18-10-4-7-13(16(18)20)8-9-15(19)17-21/h2-10,21H,11H2,1H3,(H,17,19)/b9-8+. The molecule has 1 aromatic carbocycles. The van der Waals surface area contributed by atoms with Crippen LogP contribution in [0, 0.1) is 6.92 Å². The van der Waals surface area contributed by atoms with E-state index in [1.54, 1.807) is 22.9 Å². The van der Waals surface area contributed by atoms with Crippen molar-refractivity contribution in [3.8, 4) is 0 Å². The average molecular weight is 284 g/mol. The number of pyridine rings is 1. The van der Waals surface area contributed by atoms with Gasteiger partial charge >= 0.3 is 0 Å². The van der Waals surface area contributed by atoms with Crippen LogP contribution in [0.5, 0.6) is 0 Å². The number of aryl methyl sites for hydroxylation is 1. The second-order valence-corrected chi connectivity index (χ2v) is 4.63. The van der Waals surface area contributed by atoms with Crippen LogP contribution < -0.4 is 11.0 Å². The summed E-state index contributed by atoms with van der Waals surface area (Å²) in [6.45, 7) is 2.47. The Bertz CT molecular complexity index is 732. The van der Waals surface area contributed by atoms with Gasteiger partial charge in [0.2, 0.25) is 0 Å². The monoisotopic (exact) mass is 284 g/mol. The lowest BCUT2D eigenvalue weighted by atomic mass is 10.1. The molecule has 0 spiro atoms. The van der Waals surface area contributed by atoms with Gasteiger partial charge < -0.3 is 4.57 Å². The van der Waals surface area contributed by atoms with Gasteiger partial charge in [-0.2, -0.15) is 0 Å². The van der Waals surface area contributed by atoms with E-state index in [0.29, 0.717) is 12.1 Å². The van der Waals surface area contributed by atoms with Gasteiger partial charge in [0.25, 0.3) is 11.5 Å². The van der Waals surface area contributed by atoms with Crippen molar-refractivity contribution in [2.45, 2.75) is 13.5 Å². The minimum absolute atomic E-state index is 0.192. The summed E-state index contributed by atoms with van der Waals surface area (Å²) in [5, 5.41) is 8.43. The Morgan fingerprint density at radius 3 is 2.76 bits per heavy atom. The summed E-state index contributed by atoms with van der Waals surface area (Å²) in [5.41, 5.74) is 3.85. The van der Waals surface area contributed by atoms with Crippen molar-refractivity contribution < 1.29 is 10.0 Å². The highest BCUT2D eigenvalue weighted by atomic mass is 16.5. The van der Waals surface area contributed by atoms with Crippen LogP contribution in [0.4, 0.5) is 0 Å². The van der Waals surface area contributed by atoms with E-state index < -0.39 is 5.91 Å². The average Bonchev–Trinajstić information content (AvgIpc) is 2.50. The van der Waals surface area contributed by atoms with E-state index in [1.165, 1.54) is 11.6 Å². The molecule has 0 fully saturated rings. The van der Waals surface area contributed by atoms with Crippen molar-refractivity contribution in [3.63, 3.8) is 0 Å². The van der Waals surface area contributed by atoms with Gasteiger partial charge in [-0.25, -0.2) is 5.48 Å². The molecule has 2 rings (SSSR count). The molecule has 0 aliphatic heterocycles. The van der Waals surface area contributed by atoms with E-state index in [1.807, 2.05) is 31.2 Å². The lowest BCUT2D eigenvalue weighted by molar-refractivity contribution is -0.124. The molecule has 0 aliphatic rings. The van der Waals surface area contributed by atoms with Crippen LogP contribution in [0.3, 0.4) is 0 Å². The quantitative estimate of drug-likeness (QED) is 0.510. The number of hydrogen-bond donors (Lipinski definition) is 2. The predicted octanol–water partition coefficient (Wildman–Crippen LogP) is 1.72. The van der Waals surface area contributed by atoms with Crippen molar-refractivity contribution >= 4 is 12.0 Å². The van der Waals surface area contributed by atoms with Crippen LogP contribution in [-0.2, 0) is 11.3 Å². The van der Waals surface area contributed by atoms with Crippen molar-refractivity contribution in [2.24, 2.45) is 0 Å². The molecule has 5 heteroatoms. The molecule has 2 N–H and O–H groups in total. The molecule has 21 heavy (non-hydrogen) atoms. The number of carbonyl (C=O) groups excluding carboxylic acids is 1. The smallest absolute Gasteiger partial charge is 0.267 e. The normalized spacial score (nSPS) is 10.8. The van der Waals surface area contributed by atoms with Crippen LogP contribution in [0.25, 0.3) is 6.08 Å². The molecule has 1 aromatic heterocycles. The minimum Gasteiger partial charge on any atom is -0.311 e. The van der Waals surface area contributed by atoms with Crippen molar-refractivity contribution in [1.29, 1.82) is 0 Å². The van der Waals surface area contributed by atoms with Crippen LogP contribution >= 0.6 is 0 Å². The molecule has 0 aliphatic carbocycles. The van der Waals surface area contributed by atoms with Crippen LogP contribution in [0.15, 0.2) is 53.5 Å². The first-order valence-electron chi connectivity index (χ1n) is 6.48.